The van der Waals surface area contributed by atoms with Gasteiger partial charge in [-0.05, 0) is 18.0 Å². The first-order valence-electron chi connectivity index (χ1n) is 6.34. The summed E-state index contributed by atoms with van der Waals surface area (Å²) in [6.45, 7) is 7.26. The van der Waals surface area contributed by atoms with E-state index in [1.807, 2.05) is 30.3 Å². The predicted octanol–water partition coefficient (Wildman–Crippen LogP) is 2.86. The largest absolute Gasteiger partial charge is 0.465 e. The Hall–Kier alpha value is -0.843. The molecule has 0 heterocycles. The van der Waals surface area contributed by atoms with Crippen LogP contribution in [0.4, 0.5) is 0 Å². The van der Waals surface area contributed by atoms with E-state index < -0.39 is 14.1 Å². The number of halogens is 1. The van der Waals surface area contributed by atoms with Crippen molar-refractivity contribution in [3.8, 4) is 0 Å². The van der Waals surface area contributed by atoms with Crippen LogP contribution >= 0.6 is 12.4 Å². The molecule has 2 N–H and O–H groups in total. The molecule has 0 amide bonds. The highest BCUT2D eigenvalue weighted by atomic mass is 35.5. The average Bonchev–Trinajstić information content (AvgIpc) is 2.28. The molecular weight excluding hydrogens is 278 g/mol. The third kappa shape index (κ3) is 8.03. The van der Waals surface area contributed by atoms with Crippen LogP contribution in [0.2, 0.25) is 25.7 Å². The Balaban J connectivity index is 0.00000324. The lowest BCUT2D eigenvalue weighted by Crippen LogP contribution is -2.35. The Kier molecular flexibility index (Phi) is 7.98. The van der Waals surface area contributed by atoms with Crippen molar-refractivity contribution >= 4 is 26.5 Å². The predicted molar refractivity (Wildman–Crippen MR) is 84.5 cm³/mol. The molecule has 0 unspecified atom stereocenters. The summed E-state index contributed by atoms with van der Waals surface area (Å²) in [5.41, 5.74) is 6.90. The molecule has 0 radical (unpaired) electrons. The fourth-order valence-electron chi connectivity index (χ4n) is 1.52. The van der Waals surface area contributed by atoms with E-state index in [4.69, 9.17) is 10.5 Å². The van der Waals surface area contributed by atoms with Gasteiger partial charge in [0, 0.05) is 8.07 Å². The number of rotatable bonds is 6. The maximum Gasteiger partial charge on any atom is 0.323 e. The van der Waals surface area contributed by atoms with E-state index in [1.165, 1.54) is 0 Å². The van der Waals surface area contributed by atoms with Crippen LogP contribution in [0, 0.1) is 0 Å². The zero-order chi connectivity index (χ0) is 13.6. The van der Waals surface area contributed by atoms with Crippen LogP contribution in [0.5, 0.6) is 0 Å². The van der Waals surface area contributed by atoms with E-state index in [0.717, 1.165) is 11.6 Å². The van der Waals surface area contributed by atoms with E-state index in [9.17, 15) is 4.79 Å². The molecule has 0 saturated carbocycles. The number of carbonyl (C=O) groups is 1. The van der Waals surface area contributed by atoms with E-state index in [-0.39, 0.29) is 18.4 Å². The summed E-state index contributed by atoms with van der Waals surface area (Å²) >= 11 is 0. The second-order valence-corrected chi connectivity index (χ2v) is 11.4. The Bertz CT molecular complexity index is 379. The second kappa shape index (κ2) is 8.35. The standard InChI is InChI=1S/C14H23NO2Si.ClH/c1-18(2,3)10-9-17-14(16)13(15)11-12-7-5-4-6-8-12;/h4-8,13H,9-11,15H2,1-3H3;1H/t13-;/m0./s1. The van der Waals surface area contributed by atoms with E-state index in [1.54, 1.807) is 0 Å². The monoisotopic (exact) mass is 301 g/mol. The number of esters is 1. The number of hydrogen-bond acceptors (Lipinski definition) is 3. The smallest absolute Gasteiger partial charge is 0.323 e. The Morgan fingerprint density at radius 2 is 1.84 bits per heavy atom. The fourth-order valence-corrected chi connectivity index (χ4v) is 2.23. The van der Waals surface area contributed by atoms with Crippen LogP contribution in [-0.2, 0) is 16.0 Å². The molecule has 0 bridgehead atoms. The lowest BCUT2D eigenvalue weighted by Gasteiger charge is -2.17. The van der Waals surface area contributed by atoms with Crippen molar-refractivity contribution < 1.29 is 9.53 Å². The molecule has 19 heavy (non-hydrogen) atoms. The van der Waals surface area contributed by atoms with Gasteiger partial charge in [-0.1, -0.05) is 50.0 Å². The van der Waals surface area contributed by atoms with Gasteiger partial charge in [0.05, 0.1) is 6.61 Å². The highest BCUT2D eigenvalue weighted by Crippen LogP contribution is 2.08. The van der Waals surface area contributed by atoms with Gasteiger partial charge in [-0.2, -0.15) is 0 Å². The maximum atomic E-state index is 11.7. The molecule has 0 spiro atoms. The van der Waals surface area contributed by atoms with Crippen LogP contribution in [0.25, 0.3) is 0 Å². The summed E-state index contributed by atoms with van der Waals surface area (Å²) in [4.78, 5) is 11.7. The molecule has 0 saturated heterocycles. The summed E-state index contributed by atoms with van der Waals surface area (Å²) in [5.74, 6) is -0.294. The van der Waals surface area contributed by atoms with Gasteiger partial charge in [-0.15, -0.1) is 12.4 Å². The van der Waals surface area contributed by atoms with Crippen molar-refractivity contribution in [2.24, 2.45) is 5.73 Å². The molecule has 0 aliphatic rings. The average molecular weight is 302 g/mol. The highest BCUT2D eigenvalue weighted by Gasteiger charge is 2.18. The summed E-state index contributed by atoms with van der Waals surface area (Å²) in [6.07, 6.45) is 0.534. The van der Waals surface area contributed by atoms with Crippen LogP contribution in [0.15, 0.2) is 30.3 Å². The van der Waals surface area contributed by atoms with Gasteiger partial charge < -0.3 is 10.5 Å². The summed E-state index contributed by atoms with van der Waals surface area (Å²) < 4.78 is 5.22. The van der Waals surface area contributed by atoms with E-state index in [0.29, 0.717) is 13.0 Å². The molecule has 1 aromatic carbocycles. The molecule has 1 aromatic rings. The normalized spacial score (nSPS) is 12.4. The van der Waals surface area contributed by atoms with Gasteiger partial charge in [0.25, 0.3) is 0 Å². The third-order valence-electron chi connectivity index (χ3n) is 2.70. The second-order valence-electron chi connectivity index (χ2n) is 5.77. The van der Waals surface area contributed by atoms with Crippen molar-refractivity contribution in [2.75, 3.05) is 6.61 Å². The maximum absolute atomic E-state index is 11.7. The van der Waals surface area contributed by atoms with Gasteiger partial charge in [-0.3, -0.25) is 4.79 Å². The van der Waals surface area contributed by atoms with Crippen LogP contribution < -0.4 is 5.73 Å². The number of carbonyl (C=O) groups excluding carboxylic acids is 1. The van der Waals surface area contributed by atoms with Gasteiger partial charge in [-0.25, -0.2) is 0 Å². The first-order valence-corrected chi connectivity index (χ1v) is 10.1. The van der Waals surface area contributed by atoms with Gasteiger partial charge in [0.1, 0.15) is 6.04 Å². The Labute approximate surface area is 122 Å². The summed E-state index contributed by atoms with van der Waals surface area (Å²) in [7, 11) is -1.15. The van der Waals surface area contributed by atoms with Crippen LogP contribution in [0.1, 0.15) is 5.56 Å². The van der Waals surface area contributed by atoms with Gasteiger partial charge in [0.15, 0.2) is 0 Å². The van der Waals surface area contributed by atoms with Crippen molar-refractivity contribution in [2.45, 2.75) is 38.1 Å². The molecule has 3 nitrogen and oxygen atoms in total. The quantitative estimate of drug-likeness (QED) is 0.649. The summed E-state index contributed by atoms with van der Waals surface area (Å²) in [6, 6.07) is 10.2. The van der Waals surface area contributed by atoms with Crippen molar-refractivity contribution in [3.05, 3.63) is 35.9 Å². The SMILES string of the molecule is C[Si](C)(C)CCOC(=O)[C@@H](N)Cc1ccccc1.Cl. The molecule has 1 atom stereocenters. The molecule has 0 aliphatic carbocycles. The third-order valence-corrected chi connectivity index (χ3v) is 4.40. The Morgan fingerprint density at radius 1 is 1.26 bits per heavy atom. The summed E-state index contributed by atoms with van der Waals surface area (Å²) in [5, 5.41) is 0. The molecular formula is C14H24ClNO2Si. The fraction of sp³-hybridized carbons (Fsp3) is 0.500. The van der Waals surface area contributed by atoms with Crippen LogP contribution in [0.3, 0.4) is 0 Å². The molecule has 0 aliphatic heterocycles. The van der Waals surface area contributed by atoms with Gasteiger partial charge >= 0.3 is 5.97 Å². The van der Waals surface area contributed by atoms with E-state index in [2.05, 4.69) is 19.6 Å². The minimum atomic E-state index is -1.15. The molecule has 0 aromatic heterocycles. The minimum Gasteiger partial charge on any atom is -0.465 e. The molecule has 5 heteroatoms. The van der Waals surface area contributed by atoms with Crippen LogP contribution in [-0.4, -0.2) is 26.7 Å². The van der Waals surface area contributed by atoms with Crippen molar-refractivity contribution in [1.82, 2.24) is 0 Å². The van der Waals surface area contributed by atoms with Crippen molar-refractivity contribution in [3.63, 3.8) is 0 Å². The zero-order valence-corrected chi connectivity index (χ0v) is 13.7. The first kappa shape index (κ1) is 18.2. The molecule has 1 rings (SSSR count). The Morgan fingerprint density at radius 3 is 2.37 bits per heavy atom. The van der Waals surface area contributed by atoms with E-state index >= 15 is 0 Å². The molecule has 0 fully saturated rings. The zero-order valence-electron chi connectivity index (χ0n) is 11.9. The number of hydrogen-bond donors (Lipinski definition) is 1. The minimum absolute atomic E-state index is 0. The topological polar surface area (TPSA) is 52.3 Å². The lowest BCUT2D eigenvalue weighted by molar-refractivity contribution is -0.144. The highest BCUT2D eigenvalue weighted by molar-refractivity contribution is 6.76. The number of ether oxygens (including phenoxy) is 1. The number of nitrogens with two attached hydrogens (primary N) is 1. The lowest BCUT2D eigenvalue weighted by atomic mass is 10.1. The van der Waals surface area contributed by atoms with Crippen molar-refractivity contribution in [1.29, 1.82) is 0 Å². The number of benzene rings is 1. The first-order chi connectivity index (χ1) is 8.38. The van der Waals surface area contributed by atoms with Gasteiger partial charge in [0.2, 0.25) is 0 Å². The molecule has 108 valence electrons.